The molecule has 4 heteroatoms. The third-order valence-electron chi connectivity index (χ3n) is 2.13. The van der Waals surface area contributed by atoms with Crippen molar-refractivity contribution in [2.45, 2.75) is 6.54 Å². The van der Waals surface area contributed by atoms with Gasteiger partial charge in [-0.15, -0.1) is 0 Å². The first kappa shape index (κ1) is 9.58. The number of ether oxygens (including phenoxy) is 1. The zero-order chi connectivity index (χ0) is 10.5. The van der Waals surface area contributed by atoms with Gasteiger partial charge in [0, 0.05) is 11.9 Å². The lowest BCUT2D eigenvalue weighted by atomic mass is 10.3. The van der Waals surface area contributed by atoms with Crippen LogP contribution in [0.25, 0.3) is 0 Å². The summed E-state index contributed by atoms with van der Waals surface area (Å²) in [5.41, 5.74) is 2.12. The second-order valence-electron chi connectivity index (χ2n) is 3.16. The van der Waals surface area contributed by atoms with Crippen LogP contribution >= 0.6 is 0 Å². The van der Waals surface area contributed by atoms with Gasteiger partial charge in [0.2, 0.25) is 0 Å². The average Bonchev–Trinajstić information content (AvgIpc) is 2.80. The topological polar surface area (TPSA) is 49.9 Å². The predicted octanol–water partition coefficient (Wildman–Crippen LogP) is 2.03. The van der Waals surface area contributed by atoms with Gasteiger partial charge in [0.25, 0.3) is 0 Å². The largest absolute Gasteiger partial charge is 0.497 e. The fraction of sp³-hybridized carbons (Fsp3) is 0.182. The number of nitrogens with one attached hydrogen (secondary N) is 2. The van der Waals surface area contributed by atoms with Gasteiger partial charge in [0.05, 0.1) is 25.7 Å². The van der Waals surface area contributed by atoms with Crippen LogP contribution in [0.5, 0.6) is 5.75 Å². The number of anilines is 1. The molecule has 1 heterocycles. The van der Waals surface area contributed by atoms with Crippen molar-refractivity contribution in [3.05, 3.63) is 42.5 Å². The van der Waals surface area contributed by atoms with Crippen molar-refractivity contribution in [2.75, 3.05) is 12.4 Å². The third kappa shape index (κ3) is 2.49. The van der Waals surface area contributed by atoms with Crippen LogP contribution in [0.15, 0.2) is 36.8 Å². The standard InChI is InChI=1S/C11H13N3O/c1-15-11-4-2-9(3-5-11)13-7-10-6-12-8-14-10/h2-6,8,13H,7H2,1H3,(H,12,14). The van der Waals surface area contributed by atoms with Gasteiger partial charge in [-0.3, -0.25) is 0 Å². The van der Waals surface area contributed by atoms with E-state index in [0.29, 0.717) is 0 Å². The van der Waals surface area contributed by atoms with Crippen molar-refractivity contribution in [1.29, 1.82) is 0 Å². The molecule has 0 saturated heterocycles. The minimum atomic E-state index is 0.742. The van der Waals surface area contributed by atoms with E-state index >= 15 is 0 Å². The minimum Gasteiger partial charge on any atom is -0.497 e. The van der Waals surface area contributed by atoms with E-state index in [4.69, 9.17) is 4.74 Å². The van der Waals surface area contributed by atoms with Gasteiger partial charge in [0.15, 0.2) is 0 Å². The maximum atomic E-state index is 5.08. The molecule has 0 unspecified atom stereocenters. The monoisotopic (exact) mass is 203 g/mol. The highest BCUT2D eigenvalue weighted by molar-refractivity contribution is 5.46. The van der Waals surface area contributed by atoms with Gasteiger partial charge in [-0.1, -0.05) is 0 Å². The molecule has 0 aliphatic heterocycles. The second-order valence-corrected chi connectivity index (χ2v) is 3.16. The van der Waals surface area contributed by atoms with Crippen molar-refractivity contribution >= 4 is 5.69 Å². The Kier molecular flexibility index (Phi) is 2.88. The highest BCUT2D eigenvalue weighted by Gasteiger charge is 1.95. The molecule has 0 aliphatic carbocycles. The first-order valence-corrected chi connectivity index (χ1v) is 4.73. The summed E-state index contributed by atoms with van der Waals surface area (Å²) in [6, 6.07) is 7.81. The lowest BCUT2D eigenvalue weighted by Crippen LogP contribution is -1.99. The Morgan fingerprint density at radius 1 is 1.33 bits per heavy atom. The fourth-order valence-electron chi connectivity index (χ4n) is 1.29. The van der Waals surface area contributed by atoms with E-state index < -0.39 is 0 Å². The van der Waals surface area contributed by atoms with Gasteiger partial charge in [0.1, 0.15) is 5.75 Å². The van der Waals surface area contributed by atoms with Gasteiger partial charge in [-0.25, -0.2) is 4.98 Å². The number of imidazole rings is 1. The van der Waals surface area contributed by atoms with Crippen molar-refractivity contribution < 1.29 is 4.74 Å². The molecule has 0 aliphatic rings. The number of rotatable bonds is 4. The molecule has 4 nitrogen and oxygen atoms in total. The van der Waals surface area contributed by atoms with E-state index in [1.807, 2.05) is 24.3 Å². The molecule has 78 valence electrons. The Hall–Kier alpha value is -1.97. The van der Waals surface area contributed by atoms with Crippen LogP contribution in [0.4, 0.5) is 5.69 Å². The van der Waals surface area contributed by atoms with Crippen molar-refractivity contribution in [2.24, 2.45) is 0 Å². The normalized spacial score (nSPS) is 9.93. The van der Waals surface area contributed by atoms with Gasteiger partial charge in [-0.2, -0.15) is 0 Å². The van der Waals surface area contributed by atoms with E-state index in [1.54, 1.807) is 19.6 Å². The van der Waals surface area contributed by atoms with Crippen LogP contribution in [-0.4, -0.2) is 17.1 Å². The maximum absolute atomic E-state index is 5.08. The molecule has 0 bridgehead atoms. The summed E-state index contributed by atoms with van der Waals surface area (Å²) in [6.07, 6.45) is 3.47. The molecule has 2 aromatic rings. The summed E-state index contributed by atoms with van der Waals surface area (Å²) in [6.45, 7) is 0.742. The molecule has 0 amide bonds. The Labute approximate surface area is 88.3 Å². The Morgan fingerprint density at radius 2 is 2.13 bits per heavy atom. The van der Waals surface area contributed by atoms with Gasteiger partial charge < -0.3 is 15.0 Å². The summed E-state index contributed by atoms with van der Waals surface area (Å²) >= 11 is 0. The SMILES string of the molecule is COc1ccc(NCc2cnc[nH]2)cc1. The Balaban J connectivity index is 1.93. The number of aromatic amines is 1. The van der Waals surface area contributed by atoms with Crippen LogP contribution < -0.4 is 10.1 Å². The highest BCUT2D eigenvalue weighted by atomic mass is 16.5. The lowest BCUT2D eigenvalue weighted by Gasteiger charge is -2.05. The average molecular weight is 203 g/mol. The molecule has 2 rings (SSSR count). The number of hydrogen-bond donors (Lipinski definition) is 2. The first-order chi connectivity index (χ1) is 7.38. The minimum absolute atomic E-state index is 0.742. The highest BCUT2D eigenvalue weighted by Crippen LogP contribution is 2.15. The molecule has 0 atom stereocenters. The Bertz CT molecular complexity index is 394. The van der Waals surface area contributed by atoms with Crippen molar-refractivity contribution in [3.63, 3.8) is 0 Å². The van der Waals surface area contributed by atoms with E-state index in [1.165, 1.54) is 0 Å². The first-order valence-electron chi connectivity index (χ1n) is 4.73. The van der Waals surface area contributed by atoms with E-state index in [-0.39, 0.29) is 0 Å². The lowest BCUT2D eigenvalue weighted by molar-refractivity contribution is 0.415. The maximum Gasteiger partial charge on any atom is 0.119 e. The molecule has 0 saturated carbocycles. The summed E-state index contributed by atoms with van der Waals surface area (Å²) in [7, 11) is 1.66. The zero-order valence-corrected chi connectivity index (χ0v) is 8.53. The molecular weight excluding hydrogens is 190 g/mol. The van der Waals surface area contributed by atoms with E-state index in [2.05, 4.69) is 15.3 Å². The molecule has 2 N–H and O–H groups in total. The number of H-pyrrole nitrogens is 1. The molecule has 1 aromatic heterocycles. The number of nitrogens with zero attached hydrogens (tertiary/aromatic N) is 1. The number of benzene rings is 1. The summed E-state index contributed by atoms with van der Waals surface area (Å²) in [4.78, 5) is 6.98. The summed E-state index contributed by atoms with van der Waals surface area (Å²) in [5, 5.41) is 3.27. The molecule has 1 aromatic carbocycles. The van der Waals surface area contributed by atoms with Gasteiger partial charge >= 0.3 is 0 Å². The van der Waals surface area contributed by atoms with E-state index in [0.717, 1.165) is 23.7 Å². The van der Waals surface area contributed by atoms with Crippen LogP contribution in [0, 0.1) is 0 Å². The number of hydrogen-bond acceptors (Lipinski definition) is 3. The van der Waals surface area contributed by atoms with Crippen molar-refractivity contribution in [1.82, 2.24) is 9.97 Å². The van der Waals surface area contributed by atoms with E-state index in [9.17, 15) is 0 Å². The smallest absolute Gasteiger partial charge is 0.119 e. The molecule has 0 radical (unpaired) electrons. The van der Waals surface area contributed by atoms with Gasteiger partial charge in [-0.05, 0) is 24.3 Å². The van der Waals surface area contributed by atoms with Crippen LogP contribution in [0.2, 0.25) is 0 Å². The predicted molar refractivity (Wildman–Crippen MR) is 58.9 cm³/mol. The molecule has 0 fully saturated rings. The summed E-state index contributed by atoms with van der Waals surface area (Å²) < 4.78 is 5.08. The third-order valence-corrected chi connectivity index (χ3v) is 2.13. The number of methoxy groups -OCH3 is 1. The Morgan fingerprint density at radius 3 is 2.73 bits per heavy atom. The second kappa shape index (κ2) is 4.50. The molecular formula is C11H13N3O. The quantitative estimate of drug-likeness (QED) is 0.799. The zero-order valence-electron chi connectivity index (χ0n) is 8.53. The van der Waals surface area contributed by atoms with Crippen LogP contribution in [0.1, 0.15) is 5.69 Å². The number of aromatic nitrogens is 2. The fourth-order valence-corrected chi connectivity index (χ4v) is 1.29. The van der Waals surface area contributed by atoms with Crippen LogP contribution in [0.3, 0.4) is 0 Å². The molecule has 15 heavy (non-hydrogen) atoms. The summed E-state index contributed by atoms with van der Waals surface area (Å²) in [5.74, 6) is 0.863. The van der Waals surface area contributed by atoms with Crippen molar-refractivity contribution in [3.8, 4) is 5.75 Å². The molecule has 0 spiro atoms. The van der Waals surface area contributed by atoms with Crippen LogP contribution in [-0.2, 0) is 6.54 Å².